The summed E-state index contributed by atoms with van der Waals surface area (Å²) in [6.45, 7) is 10.3. The Kier molecular flexibility index (Phi) is 7.12. The van der Waals surface area contributed by atoms with Crippen molar-refractivity contribution in [3.8, 4) is 0 Å². The molecule has 100 valence electrons. The highest BCUT2D eigenvalue weighted by atomic mass is 16.5. The molecular weight excluding hydrogens is 216 g/mol. The van der Waals surface area contributed by atoms with E-state index in [-0.39, 0.29) is 11.7 Å². The molecule has 0 aromatic rings. The molecule has 0 aromatic carbocycles. The Bertz CT molecular complexity index is 265. The lowest BCUT2D eigenvalue weighted by Crippen LogP contribution is -2.32. The van der Waals surface area contributed by atoms with Gasteiger partial charge in [0.05, 0.1) is 6.61 Å². The fourth-order valence-corrected chi connectivity index (χ4v) is 1.11. The number of hydrogen-bond donors (Lipinski definition) is 0. The van der Waals surface area contributed by atoms with Gasteiger partial charge in [0, 0.05) is 19.1 Å². The molecule has 0 unspecified atom stereocenters. The zero-order chi connectivity index (χ0) is 13.5. The van der Waals surface area contributed by atoms with E-state index < -0.39 is 5.60 Å². The number of ketones is 1. The lowest BCUT2D eigenvalue weighted by atomic mass is 10.0. The molecule has 0 aromatic heterocycles. The van der Waals surface area contributed by atoms with Gasteiger partial charge in [0.15, 0.2) is 5.78 Å². The smallest absolute Gasteiger partial charge is 0.190 e. The highest BCUT2D eigenvalue weighted by Crippen LogP contribution is 2.16. The van der Waals surface area contributed by atoms with Crippen molar-refractivity contribution in [2.75, 3.05) is 13.7 Å². The third kappa shape index (κ3) is 5.87. The van der Waals surface area contributed by atoms with Crippen molar-refractivity contribution >= 4 is 5.78 Å². The molecule has 0 amide bonds. The lowest BCUT2D eigenvalue weighted by Gasteiger charge is -2.21. The molecule has 0 heterocycles. The van der Waals surface area contributed by atoms with E-state index in [4.69, 9.17) is 9.47 Å². The summed E-state index contributed by atoms with van der Waals surface area (Å²) in [7, 11) is 1.54. The first kappa shape index (κ1) is 16.2. The van der Waals surface area contributed by atoms with E-state index >= 15 is 0 Å². The van der Waals surface area contributed by atoms with Gasteiger partial charge < -0.3 is 9.47 Å². The first-order valence-electron chi connectivity index (χ1n) is 6.29. The van der Waals surface area contributed by atoms with Gasteiger partial charge in [-0.25, -0.2) is 0 Å². The van der Waals surface area contributed by atoms with Gasteiger partial charge in [-0.15, -0.1) is 0 Å². The standard InChI is InChI=1S/C14H26O3/c1-7-8-9-17-12(11(2)3)10-13(15)14(4,5)16-6/h10-11H,7-9H2,1-6H3. The average molecular weight is 242 g/mol. The summed E-state index contributed by atoms with van der Waals surface area (Å²) < 4.78 is 10.8. The minimum Gasteiger partial charge on any atom is -0.498 e. The van der Waals surface area contributed by atoms with Crippen LogP contribution in [0.4, 0.5) is 0 Å². The predicted molar refractivity (Wildman–Crippen MR) is 69.9 cm³/mol. The topological polar surface area (TPSA) is 35.5 Å². The number of rotatable bonds is 8. The van der Waals surface area contributed by atoms with E-state index in [1.165, 1.54) is 0 Å². The molecule has 0 saturated heterocycles. The third-order valence-corrected chi connectivity index (χ3v) is 2.71. The van der Waals surface area contributed by atoms with Gasteiger partial charge in [-0.2, -0.15) is 0 Å². The molecule has 0 spiro atoms. The minimum atomic E-state index is -0.783. The van der Waals surface area contributed by atoms with Crippen molar-refractivity contribution in [2.24, 2.45) is 5.92 Å². The number of unbranched alkanes of at least 4 members (excludes halogenated alkanes) is 1. The Labute approximate surface area is 105 Å². The molecule has 0 bridgehead atoms. The van der Waals surface area contributed by atoms with Crippen LogP contribution < -0.4 is 0 Å². The maximum Gasteiger partial charge on any atom is 0.190 e. The van der Waals surface area contributed by atoms with Crippen molar-refractivity contribution in [1.82, 2.24) is 0 Å². The molecular formula is C14H26O3. The van der Waals surface area contributed by atoms with E-state index in [9.17, 15) is 4.79 Å². The average Bonchev–Trinajstić information content (AvgIpc) is 2.27. The van der Waals surface area contributed by atoms with E-state index in [1.807, 2.05) is 13.8 Å². The van der Waals surface area contributed by atoms with E-state index in [0.717, 1.165) is 18.6 Å². The Balaban J connectivity index is 4.64. The zero-order valence-corrected chi connectivity index (χ0v) is 12.0. The summed E-state index contributed by atoms with van der Waals surface area (Å²) in [4.78, 5) is 12.0. The van der Waals surface area contributed by atoms with Gasteiger partial charge in [0.2, 0.25) is 0 Å². The van der Waals surface area contributed by atoms with Gasteiger partial charge in [-0.05, 0) is 20.3 Å². The number of methoxy groups -OCH3 is 1. The van der Waals surface area contributed by atoms with Crippen molar-refractivity contribution in [2.45, 2.75) is 53.1 Å². The number of allylic oxidation sites excluding steroid dienone is 1. The van der Waals surface area contributed by atoms with Crippen LogP contribution in [-0.4, -0.2) is 25.1 Å². The maximum absolute atomic E-state index is 12.0. The normalized spacial score (nSPS) is 13.0. The highest BCUT2D eigenvalue weighted by Gasteiger charge is 2.26. The van der Waals surface area contributed by atoms with Crippen molar-refractivity contribution in [3.05, 3.63) is 11.8 Å². The zero-order valence-electron chi connectivity index (χ0n) is 12.0. The SMILES string of the molecule is CCCCOC(=CC(=O)C(C)(C)OC)C(C)C. The summed E-state index contributed by atoms with van der Waals surface area (Å²) in [5.74, 6) is 0.900. The Morgan fingerprint density at radius 2 is 1.94 bits per heavy atom. The fraction of sp³-hybridized carbons (Fsp3) is 0.786. The molecule has 17 heavy (non-hydrogen) atoms. The largest absolute Gasteiger partial charge is 0.498 e. The molecule has 0 rings (SSSR count). The summed E-state index contributed by atoms with van der Waals surface area (Å²) in [5, 5.41) is 0. The van der Waals surface area contributed by atoms with Crippen molar-refractivity contribution in [3.63, 3.8) is 0 Å². The number of hydrogen-bond acceptors (Lipinski definition) is 3. The van der Waals surface area contributed by atoms with Crippen LogP contribution in [0.25, 0.3) is 0 Å². The van der Waals surface area contributed by atoms with E-state index in [2.05, 4.69) is 6.92 Å². The minimum absolute atomic E-state index is 0.0554. The van der Waals surface area contributed by atoms with Crippen LogP contribution in [0, 0.1) is 5.92 Å². The number of carbonyl (C=O) groups excluding carboxylic acids is 1. The summed E-state index contributed by atoms with van der Waals surface area (Å²) in [6.07, 6.45) is 3.67. The molecule has 0 saturated carbocycles. The second-order valence-corrected chi connectivity index (χ2v) is 4.98. The molecule has 3 heteroatoms. The second kappa shape index (κ2) is 7.49. The molecule has 0 aliphatic rings. The van der Waals surface area contributed by atoms with Gasteiger partial charge in [-0.1, -0.05) is 27.2 Å². The van der Waals surface area contributed by atoms with Gasteiger partial charge >= 0.3 is 0 Å². The van der Waals surface area contributed by atoms with Gasteiger partial charge in [0.25, 0.3) is 0 Å². The molecule has 0 fully saturated rings. The first-order valence-corrected chi connectivity index (χ1v) is 6.29. The van der Waals surface area contributed by atoms with Crippen LogP contribution in [0.1, 0.15) is 47.5 Å². The van der Waals surface area contributed by atoms with Crippen LogP contribution in [0.2, 0.25) is 0 Å². The first-order chi connectivity index (χ1) is 7.85. The van der Waals surface area contributed by atoms with Crippen molar-refractivity contribution in [1.29, 1.82) is 0 Å². The van der Waals surface area contributed by atoms with Gasteiger partial charge in [0.1, 0.15) is 11.4 Å². The summed E-state index contributed by atoms with van der Waals surface area (Å²) in [5.41, 5.74) is -0.783. The van der Waals surface area contributed by atoms with E-state index in [1.54, 1.807) is 27.0 Å². The number of ether oxygens (including phenoxy) is 2. The maximum atomic E-state index is 12.0. The van der Waals surface area contributed by atoms with Crippen LogP contribution in [0.15, 0.2) is 11.8 Å². The van der Waals surface area contributed by atoms with Crippen LogP contribution in [0.5, 0.6) is 0 Å². The molecule has 0 radical (unpaired) electrons. The Morgan fingerprint density at radius 1 is 1.35 bits per heavy atom. The van der Waals surface area contributed by atoms with Crippen molar-refractivity contribution < 1.29 is 14.3 Å². The monoisotopic (exact) mass is 242 g/mol. The van der Waals surface area contributed by atoms with Crippen LogP contribution in [-0.2, 0) is 14.3 Å². The predicted octanol–water partition coefficient (Wildman–Crippen LogP) is 3.34. The molecule has 3 nitrogen and oxygen atoms in total. The highest BCUT2D eigenvalue weighted by molar-refractivity contribution is 5.96. The van der Waals surface area contributed by atoms with E-state index in [0.29, 0.717) is 6.61 Å². The molecule has 0 N–H and O–H groups in total. The fourth-order valence-electron chi connectivity index (χ4n) is 1.11. The Hall–Kier alpha value is -0.830. The summed E-state index contributed by atoms with van der Waals surface area (Å²) in [6, 6.07) is 0. The molecule has 0 aliphatic carbocycles. The lowest BCUT2D eigenvalue weighted by molar-refractivity contribution is -0.132. The van der Waals surface area contributed by atoms with Crippen LogP contribution in [0.3, 0.4) is 0 Å². The third-order valence-electron chi connectivity index (χ3n) is 2.71. The quantitative estimate of drug-likeness (QED) is 0.372. The Morgan fingerprint density at radius 3 is 2.35 bits per heavy atom. The number of carbonyl (C=O) groups is 1. The second-order valence-electron chi connectivity index (χ2n) is 4.98. The molecule has 0 atom stereocenters. The summed E-state index contributed by atoms with van der Waals surface area (Å²) >= 11 is 0. The van der Waals surface area contributed by atoms with Gasteiger partial charge in [-0.3, -0.25) is 4.79 Å². The van der Waals surface area contributed by atoms with Crippen LogP contribution >= 0.6 is 0 Å². The molecule has 0 aliphatic heterocycles.